The Morgan fingerprint density at radius 3 is 2.69 bits per heavy atom. The average Bonchev–Trinajstić information content (AvgIpc) is 2.31. The number of nitrogens with zero attached hydrogens (tertiary/aromatic N) is 2. The number of phenolic OH excluding ortho intramolecular Hbond substituents is 1. The number of phenols is 1. The highest BCUT2D eigenvalue weighted by Crippen LogP contribution is 2.30. The third-order valence-electron chi connectivity index (χ3n) is 1.81. The number of hydrogen-bond acceptors (Lipinski definition) is 4. The minimum Gasteiger partial charge on any atom is -0.503 e. The van der Waals surface area contributed by atoms with Gasteiger partial charge in [-0.05, 0) is 6.07 Å². The van der Waals surface area contributed by atoms with E-state index in [2.05, 4.69) is 11.8 Å². The number of rotatable bonds is 1. The number of nitriles is 2. The Morgan fingerprint density at radius 1 is 1.38 bits per heavy atom. The maximum atomic E-state index is 9.69. The molecule has 0 aliphatic rings. The van der Waals surface area contributed by atoms with E-state index in [0.29, 0.717) is 5.56 Å². The largest absolute Gasteiger partial charge is 0.503 e. The first-order chi connectivity index (χ1) is 7.72. The highest BCUT2D eigenvalue weighted by Gasteiger charge is 2.08. The summed E-state index contributed by atoms with van der Waals surface area (Å²) >= 11 is 0. The molecule has 0 bridgehead atoms. The van der Waals surface area contributed by atoms with Gasteiger partial charge in [-0.1, -0.05) is 11.8 Å². The molecule has 4 heteroatoms. The summed E-state index contributed by atoms with van der Waals surface area (Å²) in [6.07, 6.45) is 0.0680. The molecule has 1 aromatic carbocycles. The Morgan fingerprint density at radius 2 is 2.12 bits per heavy atom. The lowest BCUT2D eigenvalue weighted by atomic mass is 10.1. The Bertz CT molecular complexity index is 539. The summed E-state index contributed by atoms with van der Waals surface area (Å²) in [5, 5.41) is 26.8. The summed E-state index contributed by atoms with van der Waals surface area (Å²) in [4.78, 5) is 0. The molecule has 0 unspecified atom stereocenters. The lowest BCUT2D eigenvalue weighted by Crippen LogP contribution is -1.88. The first kappa shape index (κ1) is 11.4. The zero-order valence-electron chi connectivity index (χ0n) is 8.61. The number of hydrogen-bond donors (Lipinski definition) is 1. The topological polar surface area (TPSA) is 77.0 Å². The van der Waals surface area contributed by atoms with Crippen molar-refractivity contribution in [2.24, 2.45) is 0 Å². The summed E-state index contributed by atoms with van der Waals surface area (Å²) in [7, 11) is 1.39. The van der Waals surface area contributed by atoms with E-state index in [1.54, 1.807) is 0 Å². The third-order valence-corrected chi connectivity index (χ3v) is 1.81. The minimum absolute atomic E-state index is 0.0680. The van der Waals surface area contributed by atoms with Crippen molar-refractivity contribution < 1.29 is 9.84 Å². The number of benzene rings is 1. The molecule has 0 radical (unpaired) electrons. The Kier molecular flexibility index (Phi) is 3.78. The van der Waals surface area contributed by atoms with Crippen molar-refractivity contribution in [3.8, 4) is 35.5 Å². The summed E-state index contributed by atoms with van der Waals surface area (Å²) in [5.74, 6) is 5.24. The van der Waals surface area contributed by atoms with Gasteiger partial charge in [-0.2, -0.15) is 10.5 Å². The van der Waals surface area contributed by atoms with E-state index in [-0.39, 0.29) is 23.5 Å². The van der Waals surface area contributed by atoms with Gasteiger partial charge in [-0.3, -0.25) is 0 Å². The van der Waals surface area contributed by atoms with Crippen LogP contribution in [0.15, 0.2) is 12.1 Å². The van der Waals surface area contributed by atoms with Crippen molar-refractivity contribution in [3.63, 3.8) is 0 Å². The maximum Gasteiger partial charge on any atom is 0.173 e. The van der Waals surface area contributed by atoms with Crippen LogP contribution in [0.5, 0.6) is 11.5 Å². The molecule has 0 saturated heterocycles. The predicted octanol–water partition coefficient (Wildman–Crippen LogP) is 1.54. The van der Waals surface area contributed by atoms with Crippen molar-refractivity contribution in [2.75, 3.05) is 7.11 Å². The van der Waals surface area contributed by atoms with E-state index >= 15 is 0 Å². The molecule has 78 valence electrons. The van der Waals surface area contributed by atoms with E-state index in [0.717, 1.165) is 0 Å². The van der Waals surface area contributed by atoms with Gasteiger partial charge in [0.1, 0.15) is 0 Å². The van der Waals surface area contributed by atoms with Gasteiger partial charge < -0.3 is 9.84 Å². The van der Waals surface area contributed by atoms with Gasteiger partial charge in [0.15, 0.2) is 11.5 Å². The molecule has 0 spiro atoms. The van der Waals surface area contributed by atoms with Gasteiger partial charge in [0, 0.05) is 6.07 Å². The maximum absolute atomic E-state index is 9.69. The van der Waals surface area contributed by atoms with E-state index in [9.17, 15) is 5.11 Å². The molecule has 0 aromatic heterocycles. The van der Waals surface area contributed by atoms with E-state index in [1.807, 2.05) is 12.1 Å². The first-order valence-electron chi connectivity index (χ1n) is 4.40. The second-order valence-corrected chi connectivity index (χ2v) is 2.82. The van der Waals surface area contributed by atoms with Crippen LogP contribution >= 0.6 is 0 Å². The van der Waals surface area contributed by atoms with Gasteiger partial charge in [-0.25, -0.2) is 0 Å². The fourth-order valence-corrected chi connectivity index (χ4v) is 1.10. The molecule has 0 fully saturated rings. The van der Waals surface area contributed by atoms with Crippen LogP contribution in [0, 0.1) is 34.5 Å². The van der Waals surface area contributed by atoms with E-state index < -0.39 is 0 Å². The molecule has 0 amide bonds. The second-order valence-electron chi connectivity index (χ2n) is 2.82. The average molecular weight is 212 g/mol. The lowest BCUT2D eigenvalue weighted by Gasteiger charge is -2.05. The zero-order chi connectivity index (χ0) is 12.0. The third kappa shape index (κ3) is 2.44. The Balaban J connectivity index is 3.25. The molecular weight excluding hydrogens is 204 g/mol. The second kappa shape index (κ2) is 5.29. The minimum atomic E-state index is -0.119. The Hall–Kier alpha value is -2.64. The quantitative estimate of drug-likeness (QED) is 0.716. The molecule has 0 atom stereocenters. The fraction of sp³-hybridized carbons (Fsp3) is 0.167. The van der Waals surface area contributed by atoms with E-state index in [1.165, 1.54) is 19.2 Å². The smallest absolute Gasteiger partial charge is 0.173 e. The normalized spacial score (nSPS) is 8.19. The molecule has 0 heterocycles. The van der Waals surface area contributed by atoms with Crippen LogP contribution < -0.4 is 4.74 Å². The number of aromatic hydroxyl groups is 1. The van der Waals surface area contributed by atoms with Crippen LogP contribution in [0.3, 0.4) is 0 Å². The SMILES string of the molecule is COc1cc(C#N)cc(C#CCC#N)c1O. The Labute approximate surface area is 93.3 Å². The van der Waals surface area contributed by atoms with Crippen LogP contribution in [0.4, 0.5) is 0 Å². The first-order valence-corrected chi connectivity index (χ1v) is 4.40. The highest BCUT2D eigenvalue weighted by molar-refractivity contribution is 5.57. The molecule has 0 aliphatic carbocycles. The predicted molar refractivity (Wildman–Crippen MR) is 56.5 cm³/mol. The van der Waals surface area contributed by atoms with Gasteiger partial charge in [0.25, 0.3) is 0 Å². The van der Waals surface area contributed by atoms with Crippen LogP contribution in [-0.2, 0) is 0 Å². The van der Waals surface area contributed by atoms with Gasteiger partial charge in [0.05, 0.1) is 36.8 Å². The van der Waals surface area contributed by atoms with Crippen LogP contribution in [0.2, 0.25) is 0 Å². The molecule has 1 rings (SSSR count). The monoisotopic (exact) mass is 212 g/mol. The molecule has 1 N–H and O–H groups in total. The molecule has 16 heavy (non-hydrogen) atoms. The van der Waals surface area contributed by atoms with Crippen molar-refractivity contribution in [1.29, 1.82) is 10.5 Å². The van der Waals surface area contributed by atoms with Gasteiger partial charge in [-0.15, -0.1) is 0 Å². The summed E-state index contributed by atoms with van der Waals surface area (Å²) in [5.41, 5.74) is 0.627. The van der Waals surface area contributed by atoms with Crippen LogP contribution in [0.1, 0.15) is 17.5 Å². The summed E-state index contributed by atoms with van der Waals surface area (Å²) < 4.78 is 4.90. The molecular formula is C12H8N2O2. The van der Waals surface area contributed by atoms with Crippen molar-refractivity contribution >= 4 is 0 Å². The summed E-state index contributed by atoms with van der Waals surface area (Å²) in [6.45, 7) is 0. The molecule has 4 nitrogen and oxygen atoms in total. The van der Waals surface area contributed by atoms with Crippen molar-refractivity contribution in [1.82, 2.24) is 0 Å². The molecule has 1 aromatic rings. The lowest BCUT2D eigenvalue weighted by molar-refractivity contribution is 0.372. The number of ether oxygens (including phenoxy) is 1. The summed E-state index contributed by atoms with van der Waals surface area (Å²) in [6, 6.07) is 6.67. The highest BCUT2D eigenvalue weighted by atomic mass is 16.5. The van der Waals surface area contributed by atoms with Gasteiger partial charge >= 0.3 is 0 Å². The van der Waals surface area contributed by atoms with Crippen molar-refractivity contribution in [2.45, 2.75) is 6.42 Å². The zero-order valence-corrected chi connectivity index (χ0v) is 8.61. The van der Waals surface area contributed by atoms with Crippen LogP contribution in [-0.4, -0.2) is 12.2 Å². The number of methoxy groups -OCH3 is 1. The molecule has 0 aliphatic heterocycles. The van der Waals surface area contributed by atoms with Crippen LogP contribution in [0.25, 0.3) is 0 Å². The fourth-order valence-electron chi connectivity index (χ4n) is 1.10. The van der Waals surface area contributed by atoms with Crippen molar-refractivity contribution in [3.05, 3.63) is 23.3 Å². The van der Waals surface area contributed by atoms with E-state index in [4.69, 9.17) is 15.3 Å². The standard InChI is InChI=1S/C12H8N2O2/c1-16-11-7-9(8-14)6-10(12(11)15)4-2-3-5-13/h6-7,15H,3H2,1H3. The van der Waals surface area contributed by atoms with Gasteiger partial charge in [0.2, 0.25) is 0 Å². The molecule has 0 saturated carbocycles.